The van der Waals surface area contributed by atoms with Gasteiger partial charge in [-0.3, -0.25) is 30.1 Å². The van der Waals surface area contributed by atoms with Crippen molar-refractivity contribution >= 4 is 40.4 Å². The van der Waals surface area contributed by atoms with Gasteiger partial charge in [0, 0.05) is 66.6 Å². The summed E-state index contributed by atoms with van der Waals surface area (Å²) in [5.41, 5.74) is 11.5. The summed E-state index contributed by atoms with van der Waals surface area (Å²) in [5, 5.41) is 41.1. The molecule has 9 N–H and O–H groups in total. The van der Waals surface area contributed by atoms with Crippen LogP contribution in [0.4, 0.5) is 109 Å². The molecule has 5 aromatic heterocycles. The van der Waals surface area contributed by atoms with Gasteiger partial charge in [0.1, 0.15) is 34.1 Å². The molecule has 9 aromatic rings. The third kappa shape index (κ3) is 18.6. The SMILES string of the molecule is FC(F)(F)c1ccn[nH]1.NC(=O)c1cnc(N[C@@H]2CCCC[C@@H]2N)nc1Nc1ccc(-n2ccc(C(F)(F)F)n2)c(F)c1.Nc1ccc(-n2ccc(C(F)(F)F)n2)c(F)c1.O=[N+]([O-])c1ccc(-n2ccc(C(F)(F)F)n2)c(F)c1.O=[N+]([O-])c1ccc(F)c(F)c1. The zero-order valence-electron chi connectivity index (χ0n) is 44.7. The molecule has 0 saturated heterocycles. The maximum absolute atomic E-state index is 14.7. The highest BCUT2D eigenvalue weighted by atomic mass is 19.4. The molecule has 1 fully saturated rings. The predicted molar refractivity (Wildman–Crippen MR) is 281 cm³/mol. The summed E-state index contributed by atoms with van der Waals surface area (Å²) >= 11 is 0. The Morgan fingerprint density at radius 3 is 1.46 bits per heavy atom. The number of hydrogen-bond acceptors (Lipinski definition) is 15. The van der Waals surface area contributed by atoms with Gasteiger partial charge in [0.15, 0.2) is 46.2 Å². The van der Waals surface area contributed by atoms with E-state index in [1.54, 1.807) is 5.10 Å². The zero-order chi connectivity index (χ0) is 66.6. The second-order valence-electron chi connectivity index (χ2n) is 18.2. The van der Waals surface area contributed by atoms with Crippen molar-refractivity contribution in [3.63, 3.8) is 0 Å². The van der Waals surface area contributed by atoms with Crippen molar-refractivity contribution in [2.45, 2.75) is 62.5 Å². The van der Waals surface area contributed by atoms with Crippen LogP contribution in [0.3, 0.4) is 0 Å². The minimum atomic E-state index is -4.64. The van der Waals surface area contributed by atoms with Gasteiger partial charge < -0.3 is 27.8 Å². The number of aromatic amines is 1. The molecule has 478 valence electrons. The molecule has 0 spiro atoms. The van der Waals surface area contributed by atoms with Gasteiger partial charge >= 0.3 is 24.7 Å². The van der Waals surface area contributed by atoms with Gasteiger partial charge in [0.25, 0.3) is 17.3 Å². The second kappa shape index (κ2) is 28.4. The summed E-state index contributed by atoms with van der Waals surface area (Å²) in [4.78, 5) is 39.1. The zero-order valence-corrected chi connectivity index (χ0v) is 44.7. The molecule has 0 unspecified atom stereocenters. The third-order valence-corrected chi connectivity index (χ3v) is 11.8. The number of nitrogens with one attached hydrogen (secondary N) is 3. The molecule has 0 bridgehead atoms. The van der Waals surface area contributed by atoms with E-state index in [-0.39, 0.29) is 57.9 Å². The number of hydrogen-bond donors (Lipinski definition) is 6. The Hall–Kier alpha value is -10.8. The van der Waals surface area contributed by atoms with E-state index in [9.17, 15) is 99.7 Å². The maximum Gasteiger partial charge on any atom is 0.435 e. The minimum absolute atomic E-state index is 0.0233. The first-order valence-corrected chi connectivity index (χ1v) is 24.8. The fourth-order valence-corrected chi connectivity index (χ4v) is 7.48. The first kappa shape index (κ1) is 68.4. The van der Waals surface area contributed by atoms with Crippen LogP contribution in [0.1, 0.15) is 58.8 Å². The highest BCUT2D eigenvalue weighted by Crippen LogP contribution is 2.33. The van der Waals surface area contributed by atoms with Crippen LogP contribution in [0.25, 0.3) is 17.1 Å². The molecule has 1 aliphatic rings. The Bertz CT molecular complexity index is 3940. The Kier molecular flexibility index (Phi) is 21.6. The molecule has 0 aliphatic heterocycles. The Morgan fingerprint density at radius 2 is 1.06 bits per heavy atom. The van der Waals surface area contributed by atoms with Crippen molar-refractivity contribution in [2.75, 3.05) is 16.4 Å². The number of anilines is 4. The van der Waals surface area contributed by atoms with Gasteiger partial charge in [-0.15, -0.1) is 0 Å². The number of non-ortho nitro benzene ring substituents is 2. The summed E-state index contributed by atoms with van der Waals surface area (Å²) in [7, 11) is 0. The molecular weight excluding hydrogens is 1250 g/mol. The average Bonchev–Trinajstić information content (AvgIpc) is 1.76. The van der Waals surface area contributed by atoms with E-state index in [1.807, 2.05) is 0 Å². The minimum Gasteiger partial charge on any atom is -0.399 e. The molecule has 1 amide bonds. The topological polar surface area (TPSA) is 313 Å². The number of amides is 1. The number of nitrogens with zero attached hydrogens (tertiary/aromatic N) is 11. The summed E-state index contributed by atoms with van der Waals surface area (Å²) in [5.74, 6) is -5.44. The van der Waals surface area contributed by atoms with Crippen LogP contribution in [0.15, 0.2) is 128 Å². The smallest absolute Gasteiger partial charge is 0.399 e. The van der Waals surface area contributed by atoms with Crippen molar-refractivity contribution in [3.05, 3.63) is 206 Å². The highest BCUT2D eigenvalue weighted by Gasteiger charge is 2.36. The number of carbonyl (C=O) groups excluding carboxylic acids is 1. The fourth-order valence-electron chi connectivity index (χ4n) is 7.48. The molecule has 4 aromatic carbocycles. The van der Waals surface area contributed by atoms with Crippen molar-refractivity contribution < 1.29 is 89.3 Å². The molecule has 39 heteroatoms. The molecule has 5 heterocycles. The number of carbonyl (C=O) groups is 1. The number of benzene rings is 4. The Morgan fingerprint density at radius 1 is 0.589 bits per heavy atom. The van der Waals surface area contributed by atoms with Crippen LogP contribution in [-0.2, 0) is 24.7 Å². The van der Waals surface area contributed by atoms with E-state index in [4.69, 9.17) is 17.2 Å². The van der Waals surface area contributed by atoms with Crippen molar-refractivity contribution in [3.8, 4) is 17.1 Å². The lowest BCUT2D eigenvalue weighted by Crippen LogP contribution is -2.43. The number of alkyl halides is 12. The third-order valence-electron chi connectivity index (χ3n) is 11.8. The number of nitrogens with two attached hydrogens (primary N) is 3. The van der Waals surface area contributed by atoms with Crippen molar-refractivity contribution in [2.24, 2.45) is 11.5 Å². The standard InChI is InChI=1S/C21H22F4N8O.C10H5F4N3O2.C10H7F4N3.C6H3F2NO2.C4H3F3N2/c22-13-9-11(5-6-16(13)33-8-7-17(32-33)21(23,24)25)29-19-12(18(27)34)10-28-20(31-19)30-15-4-2-1-3-14(15)26;11-7-5-6(17(18)19)1-2-8(7)16-4-3-9(15-16)10(12,13)14;11-7-5-6(15)1-2-8(7)17-4-3-9(16-17)10(12,13)14;7-5-2-1-4(9(10)11)3-6(5)8;5-4(6,7)3-1-2-8-9-3/h5-10,14-15H,1-4,26H2,(H2,27,34)(H2,28,29,30,31);1-5H;1-5H,15H2;1-3H;1-2H,(H,8,9)/t14-,15+;;;;/m0..../s1. The molecule has 10 rings (SSSR count). The fraction of sp³-hybridized carbons (Fsp3) is 0.196. The summed E-state index contributed by atoms with van der Waals surface area (Å²) in [6.07, 6.45) is -9.06. The number of nitro benzene ring substituents is 2. The molecule has 1 saturated carbocycles. The largest absolute Gasteiger partial charge is 0.435 e. The number of H-pyrrole nitrogens is 1. The van der Waals surface area contributed by atoms with E-state index in [0.717, 1.165) is 108 Å². The quantitative estimate of drug-likeness (QED) is 0.0321. The van der Waals surface area contributed by atoms with Crippen molar-refractivity contribution in [1.82, 2.24) is 49.5 Å². The van der Waals surface area contributed by atoms with Gasteiger partial charge in [0.2, 0.25) is 5.95 Å². The lowest BCUT2D eigenvalue weighted by molar-refractivity contribution is -0.385. The first-order chi connectivity index (χ1) is 42.0. The second-order valence-corrected chi connectivity index (χ2v) is 18.2. The molecule has 1 aliphatic carbocycles. The van der Waals surface area contributed by atoms with Gasteiger partial charge in [-0.05, 0) is 85.6 Å². The Labute approximate surface area is 491 Å². The summed E-state index contributed by atoms with van der Waals surface area (Å²) in [6.45, 7) is 0. The number of nitrogen functional groups attached to an aromatic ring is 1. The van der Waals surface area contributed by atoms with E-state index in [2.05, 4.69) is 41.0 Å². The lowest BCUT2D eigenvalue weighted by Gasteiger charge is -2.29. The van der Waals surface area contributed by atoms with Crippen molar-refractivity contribution in [1.29, 1.82) is 0 Å². The number of aromatic nitrogens is 10. The van der Waals surface area contributed by atoms with Crippen LogP contribution >= 0.6 is 0 Å². The average molecular weight is 1290 g/mol. The van der Waals surface area contributed by atoms with E-state index in [1.165, 1.54) is 30.5 Å². The molecule has 0 radical (unpaired) electrons. The Balaban J connectivity index is 0.000000195. The van der Waals surface area contributed by atoms with Crippen LogP contribution in [0, 0.1) is 49.3 Å². The molecule has 2 atom stereocenters. The summed E-state index contributed by atoms with van der Waals surface area (Å²) in [6, 6.07) is 15.1. The first-order valence-electron chi connectivity index (χ1n) is 24.8. The van der Waals surface area contributed by atoms with Crippen LogP contribution in [0.5, 0.6) is 0 Å². The molecular formula is C51H40F17N17O5. The number of primary amides is 1. The van der Waals surface area contributed by atoms with E-state index < -0.39 is 104 Å². The van der Waals surface area contributed by atoms with E-state index >= 15 is 0 Å². The van der Waals surface area contributed by atoms with Gasteiger partial charge in [0.05, 0.1) is 22.0 Å². The highest BCUT2D eigenvalue weighted by molar-refractivity contribution is 5.98. The van der Waals surface area contributed by atoms with Gasteiger partial charge in [-0.1, -0.05) is 12.8 Å². The number of nitro groups is 2. The number of halogens is 17. The number of rotatable bonds is 10. The molecule has 90 heavy (non-hydrogen) atoms. The van der Waals surface area contributed by atoms with Gasteiger partial charge in [-0.25, -0.2) is 41.0 Å². The van der Waals surface area contributed by atoms with E-state index in [0.29, 0.717) is 28.9 Å². The summed E-state index contributed by atoms with van der Waals surface area (Å²) < 4.78 is 215. The predicted octanol–water partition coefficient (Wildman–Crippen LogP) is 12.2. The maximum atomic E-state index is 14.7. The normalized spacial score (nSPS) is 14.0. The van der Waals surface area contributed by atoms with Gasteiger partial charge in [-0.2, -0.15) is 78.1 Å². The van der Waals surface area contributed by atoms with Crippen LogP contribution in [0.2, 0.25) is 0 Å². The lowest BCUT2D eigenvalue weighted by atomic mass is 9.91. The monoisotopic (exact) mass is 1290 g/mol. The molecule has 22 nitrogen and oxygen atoms in total. The van der Waals surface area contributed by atoms with Crippen LogP contribution < -0.4 is 27.8 Å². The van der Waals surface area contributed by atoms with Crippen LogP contribution in [-0.4, -0.2) is 77.3 Å².